The fourth-order valence-corrected chi connectivity index (χ4v) is 3.52. The number of rotatable bonds is 7. The molecule has 1 atom stereocenters. The molecule has 0 aliphatic heterocycles. The second-order valence-electron chi connectivity index (χ2n) is 8.30. The van der Waals surface area contributed by atoms with E-state index < -0.39 is 5.54 Å². The zero-order valence-corrected chi connectivity index (χ0v) is 18.4. The van der Waals surface area contributed by atoms with Crippen LogP contribution in [-0.4, -0.2) is 27.3 Å². The zero-order chi connectivity index (χ0) is 22.7. The van der Waals surface area contributed by atoms with Crippen molar-refractivity contribution < 1.29 is 14.3 Å². The van der Waals surface area contributed by atoms with Gasteiger partial charge in [-0.2, -0.15) is 0 Å². The molecule has 2 aromatic carbocycles. The molecule has 1 fully saturated rings. The number of carbonyl (C=O) groups excluding carboxylic acids is 2. The maximum absolute atomic E-state index is 12.9. The lowest BCUT2D eigenvalue weighted by molar-refractivity contribution is -0.124. The molecule has 0 bridgehead atoms. The Bertz CT molecular complexity index is 1130. The third kappa shape index (κ3) is 4.77. The molecule has 1 aliphatic carbocycles. The Morgan fingerprint density at radius 3 is 2.34 bits per heavy atom. The quantitative estimate of drug-likeness (QED) is 0.590. The van der Waals surface area contributed by atoms with Gasteiger partial charge >= 0.3 is 0 Å². The van der Waals surface area contributed by atoms with Crippen molar-refractivity contribution in [2.45, 2.75) is 45.2 Å². The third-order valence-electron chi connectivity index (χ3n) is 5.65. The van der Waals surface area contributed by atoms with Crippen LogP contribution in [0.2, 0.25) is 0 Å². The molecular formula is C25H26N4O3. The van der Waals surface area contributed by atoms with Gasteiger partial charge in [-0.15, -0.1) is 0 Å². The van der Waals surface area contributed by atoms with Crippen LogP contribution in [0.3, 0.4) is 0 Å². The summed E-state index contributed by atoms with van der Waals surface area (Å²) >= 11 is 0. The van der Waals surface area contributed by atoms with Gasteiger partial charge in [-0.05, 0) is 62.9 Å². The minimum Gasteiger partial charge on any atom is -0.457 e. The Labute approximate surface area is 187 Å². The molecule has 1 saturated carbocycles. The van der Waals surface area contributed by atoms with Crippen molar-refractivity contribution in [2.75, 3.05) is 0 Å². The second kappa shape index (κ2) is 8.78. The molecule has 1 unspecified atom stereocenters. The molecule has 0 saturated heterocycles. The zero-order valence-electron chi connectivity index (χ0n) is 18.4. The van der Waals surface area contributed by atoms with Crippen LogP contribution in [-0.2, 0) is 4.79 Å². The largest absolute Gasteiger partial charge is 0.457 e. The monoisotopic (exact) mass is 430 g/mol. The van der Waals surface area contributed by atoms with E-state index in [1.807, 2.05) is 50.2 Å². The molecular weight excluding hydrogens is 404 g/mol. The average molecular weight is 431 g/mol. The topological polar surface area (TPSA) is 93.2 Å². The summed E-state index contributed by atoms with van der Waals surface area (Å²) in [7, 11) is 0. The molecule has 1 aromatic heterocycles. The van der Waals surface area contributed by atoms with Crippen LogP contribution in [0.4, 0.5) is 0 Å². The first-order chi connectivity index (χ1) is 15.4. The first kappa shape index (κ1) is 21.5. The molecule has 0 spiro atoms. The highest BCUT2D eigenvalue weighted by atomic mass is 16.5. The number of benzene rings is 2. The second-order valence-corrected chi connectivity index (χ2v) is 8.30. The number of nitrogens with zero attached hydrogens (tertiary/aromatic N) is 2. The van der Waals surface area contributed by atoms with Gasteiger partial charge in [0.15, 0.2) is 0 Å². The van der Waals surface area contributed by atoms with Gasteiger partial charge in [0, 0.05) is 12.4 Å². The van der Waals surface area contributed by atoms with Crippen LogP contribution in [0, 0.1) is 13.8 Å². The molecule has 1 heterocycles. The Balaban J connectivity index is 1.36. The summed E-state index contributed by atoms with van der Waals surface area (Å²) in [6.07, 6.45) is 5.43. The lowest BCUT2D eigenvalue weighted by Gasteiger charge is -2.21. The fourth-order valence-electron chi connectivity index (χ4n) is 3.52. The summed E-state index contributed by atoms with van der Waals surface area (Å²) < 4.78 is 5.98. The van der Waals surface area contributed by atoms with Crippen molar-refractivity contribution in [3.05, 3.63) is 83.4 Å². The van der Waals surface area contributed by atoms with Gasteiger partial charge in [0.2, 0.25) is 5.91 Å². The minimum atomic E-state index is -0.868. The van der Waals surface area contributed by atoms with Crippen molar-refractivity contribution in [2.24, 2.45) is 0 Å². The Hall–Kier alpha value is -3.74. The van der Waals surface area contributed by atoms with Crippen LogP contribution in [0.25, 0.3) is 0 Å². The van der Waals surface area contributed by atoms with Crippen LogP contribution >= 0.6 is 0 Å². The maximum Gasteiger partial charge on any atom is 0.255 e. The number of aryl methyl sites for hydroxylation is 2. The molecule has 4 rings (SSSR count). The normalized spacial score (nSPS) is 14.8. The Morgan fingerprint density at radius 1 is 1.03 bits per heavy atom. The summed E-state index contributed by atoms with van der Waals surface area (Å²) in [5.41, 5.74) is 2.68. The fraction of sp³-hybridized carbons (Fsp3) is 0.280. The third-order valence-corrected chi connectivity index (χ3v) is 5.65. The van der Waals surface area contributed by atoms with Crippen molar-refractivity contribution in [3.8, 4) is 11.5 Å². The predicted molar refractivity (Wildman–Crippen MR) is 120 cm³/mol. The molecule has 2 amide bonds. The van der Waals surface area contributed by atoms with Crippen LogP contribution in [0.5, 0.6) is 11.5 Å². The number of hydrogen-bond donors (Lipinski definition) is 2. The highest BCUT2D eigenvalue weighted by molar-refractivity contribution is 6.00. The van der Waals surface area contributed by atoms with E-state index in [1.165, 1.54) is 24.3 Å². The SMILES string of the molecule is Cc1ccc(Oc2ccc(C(C)NC(=O)C3(NC(=O)c4cncnc4)CC3)cc2)c(C)c1. The van der Waals surface area contributed by atoms with Gasteiger partial charge in [-0.1, -0.05) is 29.8 Å². The number of carbonyl (C=O) groups is 2. The van der Waals surface area contributed by atoms with Crippen LogP contribution in [0.15, 0.2) is 61.2 Å². The van der Waals surface area contributed by atoms with E-state index in [-0.39, 0.29) is 17.9 Å². The summed E-state index contributed by atoms with van der Waals surface area (Å²) in [6.45, 7) is 5.99. The molecule has 164 valence electrons. The number of ether oxygens (including phenoxy) is 1. The van der Waals surface area contributed by atoms with Crippen LogP contribution < -0.4 is 15.4 Å². The number of hydrogen-bond acceptors (Lipinski definition) is 5. The first-order valence-electron chi connectivity index (χ1n) is 10.6. The van der Waals surface area contributed by atoms with Crippen LogP contribution in [0.1, 0.15) is 52.9 Å². The van der Waals surface area contributed by atoms with E-state index in [0.717, 1.165) is 22.6 Å². The van der Waals surface area contributed by atoms with E-state index in [9.17, 15) is 9.59 Å². The molecule has 32 heavy (non-hydrogen) atoms. The van der Waals surface area contributed by atoms with Gasteiger partial charge in [0.05, 0.1) is 11.6 Å². The Morgan fingerprint density at radius 2 is 1.72 bits per heavy atom. The molecule has 1 aliphatic rings. The summed E-state index contributed by atoms with van der Waals surface area (Å²) in [6, 6.07) is 13.5. The highest BCUT2D eigenvalue weighted by Crippen LogP contribution is 2.36. The van der Waals surface area contributed by atoms with Gasteiger partial charge in [0.1, 0.15) is 23.4 Å². The summed E-state index contributed by atoms with van der Waals surface area (Å²) in [5.74, 6) is 1.01. The van der Waals surface area contributed by atoms with Gasteiger partial charge in [-0.25, -0.2) is 9.97 Å². The van der Waals surface area contributed by atoms with E-state index in [0.29, 0.717) is 18.4 Å². The smallest absolute Gasteiger partial charge is 0.255 e. The molecule has 0 radical (unpaired) electrons. The summed E-state index contributed by atoms with van der Waals surface area (Å²) in [5, 5.41) is 5.85. The molecule has 7 heteroatoms. The van der Waals surface area contributed by atoms with Crippen molar-refractivity contribution in [1.82, 2.24) is 20.6 Å². The van der Waals surface area contributed by atoms with Gasteiger partial charge < -0.3 is 15.4 Å². The van der Waals surface area contributed by atoms with E-state index in [1.54, 1.807) is 0 Å². The Kier molecular flexibility index (Phi) is 5.90. The lowest BCUT2D eigenvalue weighted by atomic mass is 10.1. The lowest BCUT2D eigenvalue weighted by Crippen LogP contribution is -2.49. The molecule has 2 N–H and O–H groups in total. The van der Waals surface area contributed by atoms with Crippen molar-refractivity contribution >= 4 is 11.8 Å². The average Bonchev–Trinajstić information content (AvgIpc) is 3.57. The predicted octanol–water partition coefficient (Wildman–Crippen LogP) is 4.03. The van der Waals surface area contributed by atoms with Crippen molar-refractivity contribution in [3.63, 3.8) is 0 Å². The highest BCUT2D eigenvalue weighted by Gasteiger charge is 2.51. The van der Waals surface area contributed by atoms with Crippen molar-refractivity contribution in [1.29, 1.82) is 0 Å². The number of amides is 2. The van der Waals surface area contributed by atoms with E-state index >= 15 is 0 Å². The molecule has 3 aromatic rings. The standard InChI is InChI=1S/C25H26N4O3/c1-16-4-9-22(17(2)12-16)32-21-7-5-19(6-8-21)18(3)28-24(31)25(10-11-25)29-23(30)20-13-26-15-27-14-20/h4-9,12-15,18H,10-11H2,1-3H3,(H,28,31)(H,29,30). The van der Waals surface area contributed by atoms with Gasteiger partial charge in [0.25, 0.3) is 5.91 Å². The van der Waals surface area contributed by atoms with E-state index in [4.69, 9.17) is 4.74 Å². The van der Waals surface area contributed by atoms with E-state index in [2.05, 4.69) is 33.6 Å². The minimum absolute atomic E-state index is 0.189. The number of nitrogens with one attached hydrogen (secondary N) is 2. The first-order valence-corrected chi connectivity index (χ1v) is 10.6. The maximum atomic E-state index is 12.9. The summed E-state index contributed by atoms with van der Waals surface area (Å²) in [4.78, 5) is 33.0. The number of aromatic nitrogens is 2. The molecule has 7 nitrogen and oxygen atoms in total. The van der Waals surface area contributed by atoms with Gasteiger partial charge in [-0.3, -0.25) is 9.59 Å².